The van der Waals surface area contributed by atoms with Gasteiger partial charge in [-0.05, 0) is 41.5 Å². The Labute approximate surface area is 237 Å². The van der Waals surface area contributed by atoms with Crippen molar-refractivity contribution in [3.05, 3.63) is 130 Å². The summed E-state index contributed by atoms with van der Waals surface area (Å²) < 4.78 is 33.6. The van der Waals surface area contributed by atoms with Gasteiger partial charge in [0.2, 0.25) is 0 Å². The van der Waals surface area contributed by atoms with Crippen LogP contribution in [0.3, 0.4) is 0 Å². The normalized spacial score (nSPS) is 11.0. The Morgan fingerprint density at radius 2 is 1.31 bits per heavy atom. The lowest BCUT2D eigenvalue weighted by molar-refractivity contribution is -0.135. The van der Waals surface area contributed by atoms with Gasteiger partial charge >= 0.3 is 5.97 Å². The SMILES string of the molecule is O=C(OCC(=O)N(Cc1ccccc1)Cc1ccccc1)c1ccccc1NS(=O)(=O)c1ccc(Cl)c(Cl)c1. The fourth-order valence-electron chi connectivity index (χ4n) is 3.73. The van der Waals surface area contributed by atoms with Crippen LogP contribution in [-0.4, -0.2) is 31.8 Å². The summed E-state index contributed by atoms with van der Waals surface area (Å²) in [6.45, 7) is 0.130. The smallest absolute Gasteiger partial charge is 0.340 e. The molecule has 0 aliphatic rings. The van der Waals surface area contributed by atoms with Gasteiger partial charge in [0.05, 0.1) is 26.2 Å². The molecular formula is C29H24Cl2N2O5S. The van der Waals surface area contributed by atoms with Crippen molar-refractivity contribution < 1.29 is 22.7 Å². The zero-order chi connectivity index (χ0) is 27.8. The molecule has 0 saturated carbocycles. The van der Waals surface area contributed by atoms with E-state index in [1.54, 1.807) is 17.0 Å². The molecule has 4 aromatic rings. The molecule has 0 saturated heterocycles. The van der Waals surface area contributed by atoms with Crippen LogP contribution in [0.4, 0.5) is 5.69 Å². The molecule has 0 heterocycles. The van der Waals surface area contributed by atoms with Crippen LogP contribution in [0.2, 0.25) is 10.0 Å². The Bertz CT molecular complexity index is 1520. The van der Waals surface area contributed by atoms with Crippen molar-refractivity contribution in [2.45, 2.75) is 18.0 Å². The van der Waals surface area contributed by atoms with Gasteiger partial charge in [0.25, 0.3) is 15.9 Å². The maximum absolute atomic E-state index is 13.2. The third kappa shape index (κ3) is 7.60. The number of rotatable bonds is 10. The van der Waals surface area contributed by atoms with Crippen LogP contribution in [0.25, 0.3) is 0 Å². The van der Waals surface area contributed by atoms with E-state index in [2.05, 4.69) is 4.72 Å². The minimum absolute atomic E-state index is 0.00792. The van der Waals surface area contributed by atoms with E-state index in [1.807, 2.05) is 60.7 Å². The maximum Gasteiger partial charge on any atom is 0.340 e. The largest absolute Gasteiger partial charge is 0.452 e. The van der Waals surface area contributed by atoms with Gasteiger partial charge < -0.3 is 9.64 Å². The number of anilines is 1. The van der Waals surface area contributed by atoms with E-state index in [0.717, 1.165) is 11.1 Å². The summed E-state index contributed by atoms with van der Waals surface area (Å²) in [6.07, 6.45) is 0. The lowest BCUT2D eigenvalue weighted by Crippen LogP contribution is -2.34. The van der Waals surface area contributed by atoms with Crippen molar-refractivity contribution in [1.29, 1.82) is 0 Å². The number of nitrogens with zero attached hydrogens (tertiary/aromatic N) is 1. The first-order valence-corrected chi connectivity index (χ1v) is 14.1. The standard InChI is InChI=1S/C29H24Cl2N2O5S/c30-25-16-15-23(17-26(25)31)39(36,37)32-27-14-8-7-13-24(27)29(35)38-20-28(34)33(18-21-9-3-1-4-10-21)19-22-11-5-2-6-12-22/h1-17,32H,18-20H2. The van der Waals surface area contributed by atoms with Crippen LogP contribution in [0.15, 0.2) is 108 Å². The Balaban J connectivity index is 1.48. The molecule has 1 N–H and O–H groups in total. The number of para-hydroxylation sites is 1. The molecule has 200 valence electrons. The first-order valence-electron chi connectivity index (χ1n) is 11.8. The first-order chi connectivity index (χ1) is 18.7. The fraction of sp³-hybridized carbons (Fsp3) is 0.103. The number of halogens is 2. The summed E-state index contributed by atoms with van der Waals surface area (Å²) >= 11 is 11.9. The van der Waals surface area contributed by atoms with Crippen LogP contribution in [-0.2, 0) is 32.6 Å². The molecule has 10 heteroatoms. The highest BCUT2D eigenvalue weighted by Crippen LogP contribution is 2.27. The minimum atomic E-state index is -4.10. The van der Waals surface area contributed by atoms with Crippen LogP contribution < -0.4 is 4.72 Å². The topological polar surface area (TPSA) is 92.8 Å². The van der Waals surface area contributed by atoms with E-state index >= 15 is 0 Å². The minimum Gasteiger partial charge on any atom is -0.452 e. The predicted octanol–water partition coefficient (Wildman–Crippen LogP) is 6.18. The number of esters is 1. The summed E-state index contributed by atoms with van der Waals surface area (Å²) in [5, 5.41) is 0.277. The second kappa shape index (κ2) is 12.8. The lowest BCUT2D eigenvalue weighted by atomic mass is 10.1. The first kappa shape index (κ1) is 28.2. The molecule has 0 spiro atoms. The van der Waals surface area contributed by atoms with Crippen LogP contribution >= 0.6 is 23.2 Å². The average Bonchev–Trinajstić information content (AvgIpc) is 2.94. The molecular weight excluding hydrogens is 559 g/mol. The highest BCUT2D eigenvalue weighted by molar-refractivity contribution is 7.92. The Morgan fingerprint density at radius 1 is 0.744 bits per heavy atom. The van der Waals surface area contributed by atoms with Gasteiger partial charge in [-0.1, -0.05) is 96.0 Å². The van der Waals surface area contributed by atoms with E-state index in [9.17, 15) is 18.0 Å². The number of hydrogen-bond acceptors (Lipinski definition) is 5. The van der Waals surface area contributed by atoms with Crippen LogP contribution in [0.5, 0.6) is 0 Å². The number of carbonyl (C=O) groups is 2. The molecule has 0 aliphatic heterocycles. The number of ether oxygens (including phenoxy) is 1. The summed E-state index contributed by atoms with van der Waals surface area (Å²) in [5.74, 6) is -1.25. The van der Waals surface area contributed by atoms with Crippen molar-refractivity contribution in [3.8, 4) is 0 Å². The Kier molecular flexibility index (Phi) is 9.24. The van der Waals surface area contributed by atoms with Gasteiger partial charge in [0, 0.05) is 13.1 Å². The third-order valence-electron chi connectivity index (χ3n) is 5.70. The van der Waals surface area contributed by atoms with Gasteiger partial charge in [-0.3, -0.25) is 9.52 Å². The highest BCUT2D eigenvalue weighted by Gasteiger charge is 2.22. The highest BCUT2D eigenvalue weighted by atomic mass is 35.5. The van der Waals surface area contributed by atoms with Crippen molar-refractivity contribution in [2.75, 3.05) is 11.3 Å². The van der Waals surface area contributed by atoms with Crippen molar-refractivity contribution >= 4 is 50.8 Å². The zero-order valence-corrected chi connectivity index (χ0v) is 22.9. The average molecular weight is 583 g/mol. The van der Waals surface area contributed by atoms with Crippen LogP contribution in [0.1, 0.15) is 21.5 Å². The van der Waals surface area contributed by atoms with E-state index in [0.29, 0.717) is 13.1 Å². The van der Waals surface area contributed by atoms with Crippen LogP contribution in [0, 0.1) is 0 Å². The maximum atomic E-state index is 13.2. The van der Waals surface area contributed by atoms with Crippen molar-refractivity contribution in [2.24, 2.45) is 0 Å². The summed E-state index contributed by atoms with van der Waals surface area (Å²) in [5.41, 5.74) is 1.79. The van der Waals surface area contributed by atoms with Gasteiger partial charge in [-0.25, -0.2) is 13.2 Å². The van der Waals surface area contributed by atoms with E-state index in [-0.39, 0.29) is 26.2 Å². The van der Waals surface area contributed by atoms with E-state index in [1.165, 1.54) is 30.3 Å². The quantitative estimate of drug-likeness (QED) is 0.225. The monoisotopic (exact) mass is 582 g/mol. The molecule has 0 aromatic heterocycles. The molecule has 0 fully saturated rings. The second-order valence-corrected chi connectivity index (χ2v) is 11.0. The number of hydrogen-bond donors (Lipinski definition) is 1. The summed E-state index contributed by atoms with van der Waals surface area (Å²) in [7, 11) is -4.10. The van der Waals surface area contributed by atoms with Crippen molar-refractivity contribution in [1.82, 2.24) is 4.90 Å². The number of sulfonamides is 1. The fourth-order valence-corrected chi connectivity index (χ4v) is 5.20. The van der Waals surface area contributed by atoms with Gasteiger partial charge in [-0.15, -0.1) is 0 Å². The predicted molar refractivity (Wildman–Crippen MR) is 151 cm³/mol. The molecule has 39 heavy (non-hydrogen) atoms. The number of benzene rings is 4. The molecule has 0 radical (unpaired) electrons. The van der Waals surface area contributed by atoms with E-state index in [4.69, 9.17) is 27.9 Å². The van der Waals surface area contributed by atoms with E-state index < -0.39 is 28.5 Å². The van der Waals surface area contributed by atoms with Crippen molar-refractivity contribution in [3.63, 3.8) is 0 Å². The molecule has 0 atom stereocenters. The molecule has 0 bridgehead atoms. The van der Waals surface area contributed by atoms with Gasteiger partial charge in [-0.2, -0.15) is 0 Å². The van der Waals surface area contributed by atoms with Gasteiger partial charge in [0.15, 0.2) is 6.61 Å². The molecule has 0 aliphatic carbocycles. The molecule has 4 aromatic carbocycles. The Morgan fingerprint density at radius 3 is 1.90 bits per heavy atom. The second-order valence-electron chi connectivity index (χ2n) is 8.52. The molecule has 7 nitrogen and oxygen atoms in total. The lowest BCUT2D eigenvalue weighted by Gasteiger charge is -2.23. The molecule has 4 rings (SSSR count). The summed E-state index contributed by atoms with van der Waals surface area (Å²) in [6, 6.07) is 28.8. The number of carbonyl (C=O) groups excluding carboxylic acids is 2. The number of amides is 1. The number of nitrogens with one attached hydrogen (secondary N) is 1. The summed E-state index contributed by atoms with van der Waals surface area (Å²) in [4.78, 5) is 27.6. The van der Waals surface area contributed by atoms with Gasteiger partial charge in [0.1, 0.15) is 0 Å². The third-order valence-corrected chi connectivity index (χ3v) is 7.81. The zero-order valence-electron chi connectivity index (χ0n) is 20.6. The Hall–Kier alpha value is -3.85. The molecule has 1 amide bonds. The molecule has 0 unspecified atom stereocenters.